The molecule has 4 nitrogen and oxygen atoms in total. The van der Waals surface area contributed by atoms with Crippen LogP contribution in [-0.2, 0) is 4.79 Å². The van der Waals surface area contributed by atoms with Gasteiger partial charge in [0.25, 0.3) is 5.91 Å². The summed E-state index contributed by atoms with van der Waals surface area (Å²) >= 11 is 0. The fraction of sp³-hybridized carbons (Fsp3) is 0.529. The van der Waals surface area contributed by atoms with Crippen LogP contribution in [-0.4, -0.2) is 17.9 Å². The average Bonchev–Trinajstić information content (AvgIpc) is 3.10. The molecule has 2 saturated carbocycles. The molecule has 0 heterocycles. The smallest absolute Gasteiger partial charge is 0.251 e. The summed E-state index contributed by atoms with van der Waals surface area (Å²) < 4.78 is 0. The first-order chi connectivity index (χ1) is 10.1. The maximum absolute atomic E-state index is 12.2. The van der Waals surface area contributed by atoms with E-state index in [-0.39, 0.29) is 17.7 Å². The molecule has 1 aromatic rings. The van der Waals surface area contributed by atoms with Gasteiger partial charge in [0.15, 0.2) is 0 Å². The SMILES string of the molecule is Cc1ccc(C(=O)NC2CC2)cc1NC(=O)C1CCCC1. The molecule has 2 fully saturated rings. The van der Waals surface area contributed by atoms with Crippen molar-refractivity contribution in [1.82, 2.24) is 5.32 Å². The second-order valence-corrected chi connectivity index (χ2v) is 6.25. The van der Waals surface area contributed by atoms with E-state index >= 15 is 0 Å². The van der Waals surface area contributed by atoms with Gasteiger partial charge >= 0.3 is 0 Å². The monoisotopic (exact) mass is 286 g/mol. The van der Waals surface area contributed by atoms with Crippen molar-refractivity contribution in [3.05, 3.63) is 29.3 Å². The van der Waals surface area contributed by atoms with E-state index in [9.17, 15) is 9.59 Å². The summed E-state index contributed by atoms with van der Waals surface area (Å²) in [7, 11) is 0. The van der Waals surface area contributed by atoms with Crippen LogP contribution in [0.2, 0.25) is 0 Å². The van der Waals surface area contributed by atoms with E-state index in [2.05, 4.69) is 10.6 Å². The Hall–Kier alpha value is -1.84. The zero-order chi connectivity index (χ0) is 14.8. The molecule has 2 aliphatic carbocycles. The van der Waals surface area contributed by atoms with E-state index in [0.29, 0.717) is 11.6 Å². The Labute approximate surface area is 125 Å². The van der Waals surface area contributed by atoms with Crippen LogP contribution in [0.25, 0.3) is 0 Å². The van der Waals surface area contributed by atoms with Gasteiger partial charge in [-0.3, -0.25) is 9.59 Å². The van der Waals surface area contributed by atoms with Gasteiger partial charge < -0.3 is 10.6 Å². The molecular weight excluding hydrogens is 264 g/mol. The van der Waals surface area contributed by atoms with E-state index in [1.54, 1.807) is 6.07 Å². The summed E-state index contributed by atoms with van der Waals surface area (Å²) in [6, 6.07) is 5.85. The highest BCUT2D eigenvalue weighted by Gasteiger charge is 2.25. The molecular formula is C17H22N2O2. The van der Waals surface area contributed by atoms with Crippen molar-refractivity contribution in [2.24, 2.45) is 5.92 Å². The third-order valence-corrected chi connectivity index (χ3v) is 4.40. The van der Waals surface area contributed by atoms with Crippen molar-refractivity contribution in [3.63, 3.8) is 0 Å². The second kappa shape index (κ2) is 5.88. The van der Waals surface area contributed by atoms with E-state index in [1.165, 1.54) is 0 Å². The van der Waals surface area contributed by atoms with Crippen LogP contribution in [0.5, 0.6) is 0 Å². The number of amides is 2. The summed E-state index contributed by atoms with van der Waals surface area (Å²) in [6.07, 6.45) is 6.38. The maximum atomic E-state index is 12.2. The van der Waals surface area contributed by atoms with Gasteiger partial charge in [-0.05, 0) is 50.3 Å². The molecule has 2 N–H and O–H groups in total. The van der Waals surface area contributed by atoms with E-state index < -0.39 is 0 Å². The zero-order valence-corrected chi connectivity index (χ0v) is 12.4. The highest BCUT2D eigenvalue weighted by molar-refractivity contribution is 5.98. The summed E-state index contributed by atoms with van der Waals surface area (Å²) in [5.74, 6) is 0.178. The van der Waals surface area contributed by atoms with E-state index in [4.69, 9.17) is 0 Å². The number of benzene rings is 1. The van der Waals surface area contributed by atoms with Crippen LogP contribution in [0.4, 0.5) is 5.69 Å². The highest BCUT2D eigenvalue weighted by atomic mass is 16.2. The summed E-state index contributed by atoms with van der Waals surface area (Å²) in [5, 5.41) is 5.97. The van der Waals surface area contributed by atoms with Crippen LogP contribution in [0.1, 0.15) is 54.4 Å². The fourth-order valence-electron chi connectivity index (χ4n) is 2.82. The molecule has 0 bridgehead atoms. The first-order valence-electron chi connectivity index (χ1n) is 7.86. The lowest BCUT2D eigenvalue weighted by molar-refractivity contribution is -0.119. The molecule has 0 radical (unpaired) electrons. The zero-order valence-electron chi connectivity index (χ0n) is 12.4. The number of nitrogens with one attached hydrogen (secondary N) is 2. The lowest BCUT2D eigenvalue weighted by Gasteiger charge is -2.13. The minimum absolute atomic E-state index is 0.0473. The minimum atomic E-state index is -0.0473. The fourth-order valence-corrected chi connectivity index (χ4v) is 2.82. The Kier molecular flexibility index (Phi) is 3.95. The van der Waals surface area contributed by atoms with Gasteiger partial charge in [0.1, 0.15) is 0 Å². The minimum Gasteiger partial charge on any atom is -0.349 e. The summed E-state index contributed by atoms with van der Waals surface area (Å²) in [6.45, 7) is 1.95. The molecule has 2 aliphatic rings. The van der Waals surface area contributed by atoms with Crippen molar-refractivity contribution in [3.8, 4) is 0 Å². The normalized spacial score (nSPS) is 18.5. The number of carbonyl (C=O) groups excluding carboxylic acids is 2. The van der Waals surface area contributed by atoms with Gasteiger partial charge in [0.2, 0.25) is 5.91 Å². The van der Waals surface area contributed by atoms with Gasteiger partial charge in [-0.15, -0.1) is 0 Å². The van der Waals surface area contributed by atoms with Crippen molar-refractivity contribution >= 4 is 17.5 Å². The molecule has 0 aromatic heterocycles. The number of anilines is 1. The van der Waals surface area contributed by atoms with E-state index in [1.807, 2.05) is 19.1 Å². The van der Waals surface area contributed by atoms with Crippen LogP contribution >= 0.6 is 0 Å². The van der Waals surface area contributed by atoms with Gasteiger partial charge in [-0.2, -0.15) is 0 Å². The number of rotatable bonds is 4. The molecule has 1 aromatic carbocycles. The number of carbonyl (C=O) groups is 2. The predicted molar refractivity (Wildman–Crippen MR) is 82.3 cm³/mol. The second-order valence-electron chi connectivity index (χ2n) is 6.25. The Morgan fingerprint density at radius 2 is 1.81 bits per heavy atom. The first kappa shape index (κ1) is 14.1. The quantitative estimate of drug-likeness (QED) is 0.894. The van der Waals surface area contributed by atoms with Gasteiger partial charge in [0, 0.05) is 23.2 Å². The van der Waals surface area contributed by atoms with Crippen LogP contribution in [0, 0.1) is 12.8 Å². The Balaban J connectivity index is 1.70. The van der Waals surface area contributed by atoms with Crippen molar-refractivity contribution in [2.45, 2.75) is 51.5 Å². The van der Waals surface area contributed by atoms with Crippen LogP contribution in [0.15, 0.2) is 18.2 Å². The van der Waals surface area contributed by atoms with E-state index in [0.717, 1.165) is 49.8 Å². The molecule has 0 atom stereocenters. The number of hydrogen-bond donors (Lipinski definition) is 2. The lowest BCUT2D eigenvalue weighted by atomic mass is 10.1. The van der Waals surface area contributed by atoms with Gasteiger partial charge in [-0.1, -0.05) is 18.9 Å². The summed E-state index contributed by atoms with van der Waals surface area (Å²) in [5.41, 5.74) is 2.37. The summed E-state index contributed by atoms with van der Waals surface area (Å²) in [4.78, 5) is 24.3. The van der Waals surface area contributed by atoms with Crippen molar-refractivity contribution in [1.29, 1.82) is 0 Å². The molecule has 0 aliphatic heterocycles. The van der Waals surface area contributed by atoms with Gasteiger partial charge in [-0.25, -0.2) is 0 Å². The molecule has 0 spiro atoms. The molecule has 112 valence electrons. The third-order valence-electron chi connectivity index (χ3n) is 4.40. The number of aryl methyl sites for hydroxylation is 1. The van der Waals surface area contributed by atoms with Crippen molar-refractivity contribution < 1.29 is 9.59 Å². The molecule has 2 amide bonds. The van der Waals surface area contributed by atoms with Crippen LogP contribution < -0.4 is 10.6 Å². The molecule has 0 unspecified atom stereocenters. The molecule has 4 heteroatoms. The van der Waals surface area contributed by atoms with Crippen LogP contribution in [0.3, 0.4) is 0 Å². The predicted octanol–water partition coefficient (Wildman–Crippen LogP) is 3.02. The Bertz CT molecular complexity index is 558. The lowest BCUT2D eigenvalue weighted by Crippen LogP contribution is -2.26. The standard InChI is InChI=1S/C17H22N2O2/c1-11-6-7-13(17(21)18-14-8-9-14)10-15(11)19-16(20)12-4-2-3-5-12/h6-7,10,12,14H,2-5,8-9H2,1H3,(H,18,21)(H,19,20). The maximum Gasteiger partial charge on any atom is 0.251 e. The molecule has 21 heavy (non-hydrogen) atoms. The molecule has 3 rings (SSSR count). The Morgan fingerprint density at radius 3 is 2.48 bits per heavy atom. The molecule has 0 saturated heterocycles. The van der Waals surface area contributed by atoms with Gasteiger partial charge in [0.05, 0.1) is 0 Å². The highest BCUT2D eigenvalue weighted by Crippen LogP contribution is 2.27. The first-order valence-corrected chi connectivity index (χ1v) is 7.86. The largest absolute Gasteiger partial charge is 0.349 e. The average molecular weight is 286 g/mol. The van der Waals surface area contributed by atoms with Crippen molar-refractivity contribution in [2.75, 3.05) is 5.32 Å². The topological polar surface area (TPSA) is 58.2 Å². The number of hydrogen-bond acceptors (Lipinski definition) is 2. The third kappa shape index (κ3) is 3.43. The Morgan fingerprint density at radius 1 is 1.10 bits per heavy atom.